The van der Waals surface area contributed by atoms with Crippen LogP contribution in [0.4, 0.5) is 0 Å². The summed E-state index contributed by atoms with van der Waals surface area (Å²) in [7, 11) is 3.28. The lowest BCUT2D eigenvalue weighted by Crippen LogP contribution is -2.28. The number of carbonyl (C=O) groups is 1. The molecule has 0 fully saturated rings. The molecule has 0 aliphatic heterocycles. The van der Waals surface area contributed by atoms with E-state index in [1.807, 2.05) is 66.7 Å². The summed E-state index contributed by atoms with van der Waals surface area (Å²) in [6.07, 6.45) is 2.86. The van der Waals surface area contributed by atoms with Gasteiger partial charge in [-0.1, -0.05) is 36.4 Å². The zero-order chi connectivity index (χ0) is 25.2. The number of para-hydroxylation sites is 4. The molecule has 0 aliphatic rings. The fraction of sp³-hybridized carbons (Fsp3) is 0.310. The van der Waals surface area contributed by atoms with Crippen molar-refractivity contribution in [3.05, 3.63) is 84.2 Å². The minimum atomic E-state index is -0.00341. The average Bonchev–Trinajstić information content (AvgIpc) is 3.26. The number of nitrogens with zero attached hydrogens (tertiary/aromatic N) is 2. The summed E-state index contributed by atoms with van der Waals surface area (Å²) >= 11 is 0. The third kappa shape index (κ3) is 6.56. The molecule has 4 rings (SSSR count). The smallest absolute Gasteiger partial charge is 0.224 e. The number of aromatic nitrogens is 2. The summed E-state index contributed by atoms with van der Waals surface area (Å²) in [5.41, 5.74) is 3.04. The van der Waals surface area contributed by atoms with Gasteiger partial charge in [-0.2, -0.15) is 0 Å². The van der Waals surface area contributed by atoms with Crippen LogP contribution in [0.15, 0.2) is 72.8 Å². The predicted octanol–water partition coefficient (Wildman–Crippen LogP) is 4.81. The highest BCUT2D eigenvalue weighted by molar-refractivity contribution is 5.78. The number of unbranched alkanes of at least 4 members (excludes halogenated alkanes) is 1. The molecule has 7 nitrogen and oxygen atoms in total. The van der Waals surface area contributed by atoms with Crippen LogP contribution in [0, 0.1) is 0 Å². The lowest BCUT2D eigenvalue weighted by atomic mass is 10.1. The molecule has 0 spiro atoms. The van der Waals surface area contributed by atoms with Gasteiger partial charge in [-0.25, -0.2) is 4.98 Å². The van der Waals surface area contributed by atoms with Gasteiger partial charge < -0.3 is 24.1 Å². The van der Waals surface area contributed by atoms with E-state index in [9.17, 15) is 4.79 Å². The largest absolute Gasteiger partial charge is 0.497 e. The Balaban J connectivity index is 1.29. The van der Waals surface area contributed by atoms with E-state index in [-0.39, 0.29) is 5.91 Å². The zero-order valence-corrected chi connectivity index (χ0v) is 20.9. The third-order valence-electron chi connectivity index (χ3n) is 6.03. The Kier molecular flexibility index (Phi) is 8.81. The molecular formula is C29H33N3O4. The number of carbonyl (C=O) groups excluding carboxylic acids is 1. The van der Waals surface area contributed by atoms with Crippen LogP contribution in [0.1, 0.15) is 24.2 Å². The van der Waals surface area contributed by atoms with Crippen LogP contribution in [-0.2, 0) is 24.2 Å². The summed E-state index contributed by atoms with van der Waals surface area (Å²) in [4.78, 5) is 17.3. The van der Waals surface area contributed by atoms with E-state index < -0.39 is 0 Å². The predicted molar refractivity (Wildman–Crippen MR) is 141 cm³/mol. The highest BCUT2D eigenvalue weighted by Crippen LogP contribution is 2.26. The van der Waals surface area contributed by atoms with Crippen molar-refractivity contribution in [1.29, 1.82) is 0 Å². The van der Waals surface area contributed by atoms with Crippen molar-refractivity contribution in [2.75, 3.05) is 27.4 Å². The molecule has 188 valence electrons. The van der Waals surface area contributed by atoms with Gasteiger partial charge in [-0.3, -0.25) is 4.79 Å². The van der Waals surface area contributed by atoms with Gasteiger partial charge >= 0.3 is 0 Å². The highest BCUT2D eigenvalue weighted by Gasteiger charge is 2.11. The van der Waals surface area contributed by atoms with Crippen molar-refractivity contribution >= 4 is 16.9 Å². The molecule has 1 aromatic heterocycles. The van der Waals surface area contributed by atoms with E-state index in [0.717, 1.165) is 59.1 Å². The first-order valence-corrected chi connectivity index (χ1v) is 12.3. The number of amides is 1. The third-order valence-corrected chi connectivity index (χ3v) is 6.03. The molecule has 0 saturated carbocycles. The Bertz CT molecular complexity index is 1270. The second-order valence-corrected chi connectivity index (χ2v) is 8.50. The van der Waals surface area contributed by atoms with Gasteiger partial charge in [-0.05, 0) is 54.8 Å². The van der Waals surface area contributed by atoms with Crippen molar-refractivity contribution in [2.45, 2.75) is 32.2 Å². The standard InChI is InChI=1S/C29H33N3O4/c1-34-23-15-13-22(14-16-23)21-29(33)30-18-17-28-31-24-9-3-4-10-25(24)32(28)19-7-8-20-36-27-12-6-5-11-26(27)35-2/h3-6,9-16H,7-8,17-21H2,1-2H3,(H,30,33). The Hall–Kier alpha value is -4.00. The SMILES string of the molecule is COc1ccc(CC(=O)NCCc2nc3ccccc3n2CCCCOc2ccccc2OC)cc1. The molecule has 1 heterocycles. The molecule has 0 aliphatic carbocycles. The fourth-order valence-electron chi connectivity index (χ4n) is 4.16. The molecule has 1 amide bonds. The van der Waals surface area contributed by atoms with Crippen LogP contribution in [0.5, 0.6) is 17.2 Å². The topological polar surface area (TPSA) is 74.6 Å². The molecule has 7 heteroatoms. The van der Waals surface area contributed by atoms with Crippen molar-refractivity contribution in [3.8, 4) is 17.2 Å². The van der Waals surface area contributed by atoms with Crippen molar-refractivity contribution in [1.82, 2.24) is 14.9 Å². The Morgan fingerprint density at radius 1 is 0.889 bits per heavy atom. The van der Waals surface area contributed by atoms with E-state index >= 15 is 0 Å². The summed E-state index contributed by atoms with van der Waals surface area (Å²) in [6.45, 7) is 1.99. The number of hydrogen-bond acceptors (Lipinski definition) is 5. The quantitative estimate of drug-likeness (QED) is 0.274. The molecule has 1 N–H and O–H groups in total. The number of rotatable bonds is 13. The average molecular weight is 488 g/mol. The van der Waals surface area contributed by atoms with Crippen molar-refractivity contribution in [2.24, 2.45) is 0 Å². The Morgan fingerprint density at radius 2 is 1.64 bits per heavy atom. The van der Waals surface area contributed by atoms with Crippen molar-refractivity contribution in [3.63, 3.8) is 0 Å². The summed E-state index contributed by atoms with van der Waals surface area (Å²) in [5, 5.41) is 3.03. The first-order valence-electron chi connectivity index (χ1n) is 12.3. The van der Waals surface area contributed by atoms with E-state index in [2.05, 4.69) is 16.0 Å². The van der Waals surface area contributed by atoms with E-state index in [0.29, 0.717) is 26.0 Å². The number of imidazole rings is 1. The van der Waals surface area contributed by atoms with E-state index in [1.165, 1.54) is 0 Å². The summed E-state index contributed by atoms with van der Waals surface area (Å²) < 4.78 is 18.7. The lowest BCUT2D eigenvalue weighted by Gasteiger charge is -2.12. The van der Waals surface area contributed by atoms with Crippen molar-refractivity contribution < 1.29 is 19.0 Å². The number of fused-ring (bicyclic) bond motifs is 1. The van der Waals surface area contributed by atoms with Crippen LogP contribution in [0.25, 0.3) is 11.0 Å². The number of nitrogens with one attached hydrogen (secondary N) is 1. The second kappa shape index (κ2) is 12.6. The monoisotopic (exact) mass is 487 g/mol. The van der Waals surface area contributed by atoms with E-state index in [4.69, 9.17) is 19.2 Å². The van der Waals surface area contributed by atoms with Crippen LogP contribution >= 0.6 is 0 Å². The van der Waals surface area contributed by atoms with Gasteiger partial charge in [0.2, 0.25) is 5.91 Å². The lowest BCUT2D eigenvalue weighted by molar-refractivity contribution is -0.120. The van der Waals surface area contributed by atoms with Gasteiger partial charge in [0.1, 0.15) is 11.6 Å². The number of hydrogen-bond donors (Lipinski definition) is 1. The van der Waals surface area contributed by atoms with Gasteiger partial charge in [0.05, 0.1) is 38.3 Å². The molecule has 4 aromatic rings. The minimum Gasteiger partial charge on any atom is -0.497 e. The molecule has 0 atom stereocenters. The van der Waals surface area contributed by atoms with Gasteiger partial charge in [0.25, 0.3) is 0 Å². The molecule has 0 bridgehead atoms. The molecule has 36 heavy (non-hydrogen) atoms. The highest BCUT2D eigenvalue weighted by atomic mass is 16.5. The van der Waals surface area contributed by atoms with Crippen LogP contribution in [0.3, 0.4) is 0 Å². The maximum absolute atomic E-state index is 12.4. The number of benzene rings is 3. The minimum absolute atomic E-state index is 0.00341. The van der Waals surface area contributed by atoms with Gasteiger partial charge in [-0.15, -0.1) is 0 Å². The zero-order valence-electron chi connectivity index (χ0n) is 20.9. The summed E-state index contributed by atoms with van der Waals surface area (Å²) in [5.74, 6) is 3.26. The molecular weight excluding hydrogens is 454 g/mol. The molecule has 0 unspecified atom stereocenters. The number of methoxy groups -OCH3 is 2. The van der Waals surface area contributed by atoms with E-state index in [1.54, 1.807) is 14.2 Å². The Morgan fingerprint density at radius 3 is 2.42 bits per heavy atom. The Labute approximate surface area is 212 Å². The number of ether oxygens (including phenoxy) is 3. The maximum atomic E-state index is 12.4. The van der Waals surface area contributed by atoms with Crippen LogP contribution < -0.4 is 19.5 Å². The van der Waals surface area contributed by atoms with Crippen LogP contribution in [0.2, 0.25) is 0 Å². The number of aryl methyl sites for hydroxylation is 1. The maximum Gasteiger partial charge on any atom is 0.224 e. The molecule has 3 aromatic carbocycles. The first kappa shape index (κ1) is 25.1. The fourth-order valence-corrected chi connectivity index (χ4v) is 4.16. The normalized spacial score (nSPS) is 10.8. The summed E-state index contributed by atoms with van der Waals surface area (Å²) in [6, 6.07) is 23.4. The van der Waals surface area contributed by atoms with Gasteiger partial charge in [0.15, 0.2) is 11.5 Å². The second-order valence-electron chi connectivity index (χ2n) is 8.50. The first-order chi connectivity index (χ1) is 17.7. The van der Waals surface area contributed by atoms with Crippen LogP contribution in [-0.4, -0.2) is 42.8 Å². The van der Waals surface area contributed by atoms with Gasteiger partial charge in [0, 0.05) is 19.5 Å². The molecule has 0 radical (unpaired) electrons. The molecule has 0 saturated heterocycles.